The number of para-hydroxylation sites is 1. The van der Waals surface area contributed by atoms with Crippen LogP contribution in [0.2, 0.25) is 0 Å². The van der Waals surface area contributed by atoms with Crippen LogP contribution in [0.5, 0.6) is 0 Å². The van der Waals surface area contributed by atoms with E-state index in [-0.39, 0.29) is 48.4 Å². The average molecular weight is 886 g/mol. The number of imide groups is 2. The first-order valence-electron chi connectivity index (χ1n) is 24.4. The third-order valence-corrected chi connectivity index (χ3v) is 14.7. The Bertz CT molecular complexity index is 3070. The van der Waals surface area contributed by atoms with Gasteiger partial charge in [-0.05, 0) is 98.2 Å². The number of hydrogen-bond acceptors (Lipinski definition) is 6. The van der Waals surface area contributed by atoms with E-state index in [4.69, 9.17) is 4.84 Å². The predicted molar refractivity (Wildman–Crippen MR) is 267 cm³/mol. The molecule has 0 N–H and O–H groups in total. The maximum atomic E-state index is 14.6. The predicted octanol–water partition coefficient (Wildman–Crippen LogP) is 14.1. The van der Waals surface area contributed by atoms with Gasteiger partial charge in [0.15, 0.2) is 0 Å². The maximum Gasteiger partial charge on any atom is 0.261 e. The lowest BCUT2D eigenvalue weighted by atomic mass is 9.82. The molecule has 0 aliphatic carbocycles. The molecule has 8 heteroatoms. The van der Waals surface area contributed by atoms with Gasteiger partial charge in [-0.15, -0.1) is 0 Å². The minimum absolute atomic E-state index is 0.0402. The van der Waals surface area contributed by atoms with Gasteiger partial charge in [0.2, 0.25) is 0 Å². The molecule has 0 unspecified atom stereocenters. The van der Waals surface area contributed by atoms with Crippen molar-refractivity contribution in [3.05, 3.63) is 172 Å². The lowest BCUT2D eigenvalue weighted by molar-refractivity contribution is 0.0514. The maximum absolute atomic E-state index is 14.6. The number of carbonyl (C=O) groups is 4. The van der Waals surface area contributed by atoms with Crippen LogP contribution in [0.3, 0.4) is 0 Å². The van der Waals surface area contributed by atoms with Crippen molar-refractivity contribution in [2.24, 2.45) is 0 Å². The molecular weight excluding hydrogens is 831 g/mol. The van der Waals surface area contributed by atoms with Gasteiger partial charge in [0.05, 0.1) is 18.3 Å². The summed E-state index contributed by atoms with van der Waals surface area (Å²) in [4.78, 5) is 67.8. The van der Waals surface area contributed by atoms with E-state index in [0.29, 0.717) is 33.0 Å². The fraction of sp³-hybridized carbons (Fsp3) is 0.288. The lowest BCUT2D eigenvalue weighted by Gasteiger charge is -2.35. The minimum atomic E-state index is -0.332. The van der Waals surface area contributed by atoms with Crippen LogP contribution in [0.25, 0.3) is 43.1 Å². The third-order valence-electron chi connectivity index (χ3n) is 14.7. The van der Waals surface area contributed by atoms with Crippen molar-refractivity contribution < 1.29 is 24.0 Å². The second-order valence-corrected chi connectivity index (χ2v) is 18.8. The number of amides is 4. The fourth-order valence-corrected chi connectivity index (χ4v) is 11.4. The highest BCUT2D eigenvalue weighted by atomic mass is 16.7. The van der Waals surface area contributed by atoms with E-state index >= 15 is 0 Å². The zero-order valence-electron chi connectivity index (χ0n) is 38.3. The molecule has 11 rings (SSSR count). The number of anilines is 1. The van der Waals surface area contributed by atoms with E-state index in [0.717, 1.165) is 125 Å². The number of carbonyl (C=O) groups excluding carboxylic acids is 4. The Labute approximate surface area is 391 Å². The molecule has 3 heterocycles. The molecule has 3 aliphatic rings. The molecule has 0 radical (unpaired) electrons. The zero-order chi connectivity index (χ0) is 45.8. The number of hydrogen-bond donors (Lipinski definition) is 0. The Hall–Kier alpha value is -6.90. The van der Waals surface area contributed by atoms with Crippen LogP contribution in [0.4, 0.5) is 5.69 Å². The average Bonchev–Trinajstić information content (AvgIpc) is 3.82. The lowest BCUT2D eigenvalue weighted by Crippen LogP contribution is -2.47. The summed E-state index contributed by atoms with van der Waals surface area (Å²) >= 11 is 0. The summed E-state index contributed by atoms with van der Waals surface area (Å²) in [5, 5.41) is 8.64. The van der Waals surface area contributed by atoms with Crippen LogP contribution in [0.15, 0.2) is 133 Å². The van der Waals surface area contributed by atoms with Gasteiger partial charge >= 0.3 is 0 Å². The number of hydroxylamine groups is 1. The van der Waals surface area contributed by atoms with Gasteiger partial charge in [-0.1, -0.05) is 162 Å². The van der Waals surface area contributed by atoms with Crippen molar-refractivity contribution >= 4 is 72.4 Å². The molecular formula is C59H55N3O5. The first-order valence-corrected chi connectivity index (χ1v) is 24.4. The largest absolute Gasteiger partial charge is 0.271 e. The molecule has 8 aromatic rings. The Morgan fingerprint density at radius 1 is 0.493 bits per heavy atom. The van der Waals surface area contributed by atoms with Gasteiger partial charge in [-0.3, -0.25) is 33.8 Å². The van der Waals surface area contributed by atoms with E-state index in [1.165, 1.54) is 4.90 Å². The van der Waals surface area contributed by atoms with Gasteiger partial charge in [0, 0.05) is 45.5 Å². The van der Waals surface area contributed by atoms with E-state index in [2.05, 4.69) is 50.2 Å². The van der Waals surface area contributed by atoms with Gasteiger partial charge in [0.25, 0.3) is 23.6 Å². The summed E-state index contributed by atoms with van der Waals surface area (Å²) in [6.45, 7) is 4.52. The number of nitrogens with zero attached hydrogens (tertiary/aromatic N) is 3. The first kappa shape index (κ1) is 42.7. The van der Waals surface area contributed by atoms with Gasteiger partial charge in [0.1, 0.15) is 6.10 Å². The molecule has 8 aromatic carbocycles. The standard InChI is InChI=1S/C59H55N3O5/c1-3-5-7-13-19-40(20-14-8-6-4-2)61-58(65)48-33-29-44-42-27-31-46-54-47(32-28-43(52(42)54)45-30-34-49(59(61)66)55(48)53(44)45)57(64)60(56(46)63)36-37-23-25-38(26-24-37)50-35-51(39-17-11-9-12-18-39)67-62(50)41-21-15-10-16-22-41/h9-12,15-18,21-34,40,50-51H,3-8,13-14,19-20,35-36H2,1-2H3/t50-,51-/m0/s1. The second kappa shape index (κ2) is 17.7. The number of unbranched alkanes of at least 4 members (excludes halogenated alkanes) is 6. The van der Waals surface area contributed by atoms with Crippen molar-refractivity contribution in [1.29, 1.82) is 0 Å². The van der Waals surface area contributed by atoms with Crippen LogP contribution in [-0.4, -0.2) is 39.5 Å². The summed E-state index contributed by atoms with van der Waals surface area (Å²) in [5.41, 5.74) is 6.12. The smallest absolute Gasteiger partial charge is 0.261 e. The normalized spacial score (nSPS) is 17.2. The summed E-state index contributed by atoms with van der Waals surface area (Å²) in [7, 11) is 0. The SMILES string of the molecule is CCCCCCC(CCCCCC)N1C(=O)c2ccc3c4ccc5c6c(ccc(c7ccc(c2c37)C1=O)c64)C(=O)N(Cc1ccc([C@@H]2C[C@@H](c3ccccc3)ON2c2ccccc2)cc1)C5=O. The van der Waals surface area contributed by atoms with Crippen molar-refractivity contribution in [3.8, 4) is 0 Å². The van der Waals surface area contributed by atoms with E-state index in [1.807, 2.05) is 102 Å². The molecule has 0 bridgehead atoms. The van der Waals surface area contributed by atoms with Crippen molar-refractivity contribution in [2.45, 2.75) is 109 Å². The molecule has 2 atom stereocenters. The quantitative estimate of drug-likeness (QED) is 0.0416. The number of benzene rings is 8. The number of fused-ring (bicyclic) bond motifs is 2. The van der Waals surface area contributed by atoms with Crippen LogP contribution in [0, 0.1) is 0 Å². The molecule has 3 aliphatic heterocycles. The van der Waals surface area contributed by atoms with Crippen LogP contribution < -0.4 is 5.06 Å². The molecule has 67 heavy (non-hydrogen) atoms. The second-order valence-electron chi connectivity index (χ2n) is 18.8. The highest BCUT2D eigenvalue weighted by Crippen LogP contribution is 2.48. The van der Waals surface area contributed by atoms with Gasteiger partial charge in [-0.25, -0.2) is 5.06 Å². The van der Waals surface area contributed by atoms with Crippen LogP contribution in [0.1, 0.15) is 155 Å². The first-order chi connectivity index (χ1) is 32.9. The summed E-state index contributed by atoms with van der Waals surface area (Å²) < 4.78 is 0. The summed E-state index contributed by atoms with van der Waals surface area (Å²) in [5.74, 6) is -1.08. The topological polar surface area (TPSA) is 87.2 Å². The molecule has 0 aromatic heterocycles. The van der Waals surface area contributed by atoms with E-state index < -0.39 is 0 Å². The van der Waals surface area contributed by atoms with E-state index in [1.54, 1.807) is 4.90 Å². The molecule has 8 nitrogen and oxygen atoms in total. The molecule has 0 saturated carbocycles. The minimum Gasteiger partial charge on any atom is -0.271 e. The highest BCUT2D eigenvalue weighted by Gasteiger charge is 2.40. The fourth-order valence-electron chi connectivity index (χ4n) is 11.4. The van der Waals surface area contributed by atoms with Gasteiger partial charge in [-0.2, -0.15) is 0 Å². The molecule has 0 spiro atoms. The Kier molecular flexibility index (Phi) is 11.3. The zero-order valence-corrected chi connectivity index (χ0v) is 38.3. The molecule has 1 fully saturated rings. The monoisotopic (exact) mass is 885 g/mol. The van der Waals surface area contributed by atoms with Gasteiger partial charge < -0.3 is 0 Å². The van der Waals surface area contributed by atoms with Crippen molar-refractivity contribution in [2.75, 3.05) is 5.06 Å². The Morgan fingerprint density at radius 2 is 0.970 bits per heavy atom. The molecule has 336 valence electrons. The molecule has 1 saturated heterocycles. The van der Waals surface area contributed by atoms with Crippen LogP contribution in [-0.2, 0) is 11.4 Å². The Morgan fingerprint density at radius 3 is 1.46 bits per heavy atom. The number of rotatable bonds is 16. The van der Waals surface area contributed by atoms with Crippen molar-refractivity contribution in [3.63, 3.8) is 0 Å². The highest BCUT2D eigenvalue weighted by molar-refractivity contribution is 6.41. The summed E-state index contributed by atoms with van der Waals surface area (Å²) in [6, 6.07) is 43.9. The molecule has 4 amide bonds. The Balaban J connectivity index is 0.902. The van der Waals surface area contributed by atoms with Crippen molar-refractivity contribution in [1.82, 2.24) is 9.80 Å². The van der Waals surface area contributed by atoms with E-state index in [9.17, 15) is 19.2 Å². The summed E-state index contributed by atoms with van der Waals surface area (Å²) in [6.07, 6.45) is 11.0. The third kappa shape index (κ3) is 7.24. The van der Waals surface area contributed by atoms with Crippen LogP contribution >= 0.6 is 0 Å².